The van der Waals surface area contributed by atoms with Gasteiger partial charge < -0.3 is 9.64 Å². The third kappa shape index (κ3) is 3.51. The Hall–Kier alpha value is -0.660. The van der Waals surface area contributed by atoms with Crippen molar-refractivity contribution in [3.05, 3.63) is 0 Å². The van der Waals surface area contributed by atoms with E-state index in [0.29, 0.717) is 39.1 Å². The average Bonchev–Trinajstić information content (AvgIpc) is 2.40. The van der Waals surface area contributed by atoms with E-state index in [2.05, 4.69) is 0 Å². The van der Waals surface area contributed by atoms with Crippen LogP contribution in [-0.4, -0.2) is 68.2 Å². The zero-order chi connectivity index (χ0) is 14.9. The van der Waals surface area contributed by atoms with E-state index >= 15 is 0 Å². The first kappa shape index (κ1) is 15.7. The van der Waals surface area contributed by atoms with Gasteiger partial charge in [0.1, 0.15) is 0 Å². The van der Waals surface area contributed by atoms with Gasteiger partial charge in [0.15, 0.2) is 0 Å². The maximum Gasteiger partial charge on any atom is 0.226 e. The Morgan fingerprint density at radius 1 is 1.20 bits per heavy atom. The van der Waals surface area contributed by atoms with Crippen LogP contribution in [0.2, 0.25) is 0 Å². The number of nitrogens with zero attached hydrogens (tertiary/aromatic N) is 2. The Kier molecular flexibility index (Phi) is 4.71. The summed E-state index contributed by atoms with van der Waals surface area (Å²) in [6.45, 7) is 6.07. The fourth-order valence-corrected chi connectivity index (χ4v) is 3.75. The fraction of sp³-hybridized carbons (Fsp3) is 0.923. The van der Waals surface area contributed by atoms with Crippen molar-refractivity contribution in [2.75, 3.05) is 32.5 Å². The monoisotopic (exact) mass is 304 g/mol. The molecule has 2 aliphatic heterocycles. The van der Waals surface area contributed by atoms with Crippen LogP contribution in [0.4, 0.5) is 0 Å². The summed E-state index contributed by atoms with van der Waals surface area (Å²) in [4.78, 5) is 14.5. The van der Waals surface area contributed by atoms with Crippen LogP contribution in [-0.2, 0) is 19.6 Å². The molecule has 2 aliphatic rings. The molecule has 0 bridgehead atoms. The van der Waals surface area contributed by atoms with E-state index in [4.69, 9.17) is 4.74 Å². The molecule has 2 rings (SSSR count). The number of hydrogen-bond donors (Lipinski definition) is 0. The summed E-state index contributed by atoms with van der Waals surface area (Å²) in [5.41, 5.74) is 0. The van der Waals surface area contributed by atoms with Crippen molar-refractivity contribution in [3.63, 3.8) is 0 Å². The van der Waals surface area contributed by atoms with E-state index in [0.717, 1.165) is 0 Å². The first-order valence-electron chi connectivity index (χ1n) is 7.16. The number of carbonyl (C=O) groups excluding carboxylic acids is 1. The van der Waals surface area contributed by atoms with Crippen LogP contribution in [0, 0.1) is 5.92 Å². The molecule has 2 atom stereocenters. The van der Waals surface area contributed by atoms with Crippen molar-refractivity contribution in [2.45, 2.75) is 38.8 Å². The minimum atomic E-state index is -3.13. The summed E-state index contributed by atoms with van der Waals surface area (Å²) in [6, 6.07) is 0.103. The number of sulfonamides is 1. The summed E-state index contributed by atoms with van der Waals surface area (Å²) in [5, 5.41) is 0. The number of ether oxygens (including phenoxy) is 1. The van der Waals surface area contributed by atoms with Crippen molar-refractivity contribution < 1.29 is 17.9 Å². The molecule has 0 spiro atoms. The number of carbonyl (C=O) groups is 1. The molecule has 2 saturated heterocycles. The third-order valence-electron chi connectivity index (χ3n) is 4.16. The number of rotatable bonds is 2. The molecule has 0 N–H and O–H groups in total. The van der Waals surface area contributed by atoms with Crippen molar-refractivity contribution in [1.29, 1.82) is 0 Å². The van der Waals surface area contributed by atoms with Gasteiger partial charge in [-0.2, -0.15) is 0 Å². The van der Waals surface area contributed by atoms with Gasteiger partial charge in [-0.1, -0.05) is 0 Å². The predicted molar refractivity (Wildman–Crippen MR) is 75.7 cm³/mol. The summed E-state index contributed by atoms with van der Waals surface area (Å²) in [7, 11) is -3.13. The average molecular weight is 304 g/mol. The maximum absolute atomic E-state index is 12.6. The standard InChI is InChI=1S/C13H24N2O4S/c1-10-9-19-11(2)8-15(10)13(16)12-4-6-14(7-5-12)20(3,17)18/h10-12H,4-9H2,1-3H3. The van der Waals surface area contributed by atoms with Gasteiger partial charge in [-0.25, -0.2) is 12.7 Å². The topological polar surface area (TPSA) is 66.9 Å². The quantitative estimate of drug-likeness (QED) is 0.735. The van der Waals surface area contributed by atoms with Crippen LogP contribution in [0.5, 0.6) is 0 Å². The fourth-order valence-electron chi connectivity index (χ4n) is 2.88. The highest BCUT2D eigenvalue weighted by atomic mass is 32.2. The second-order valence-electron chi connectivity index (χ2n) is 5.92. The molecule has 0 aromatic rings. The van der Waals surface area contributed by atoms with Gasteiger partial charge in [0.05, 0.1) is 25.0 Å². The SMILES string of the molecule is CC1CN(C(=O)C2CCN(S(C)(=O)=O)CC2)C(C)CO1. The van der Waals surface area contributed by atoms with Gasteiger partial charge in [-0.3, -0.25) is 4.79 Å². The number of hydrogen-bond acceptors (Lipinski definition) is 4. The van der Waals surface area contributed by atoms with Crippen LogP contribution in [0.15, 0.2) is 0 Å². The molecule has 7 heteroatoms. The molecule has 0 aromatic heterocycles. The third-order valence-corrected chi connectivity index (χ3v) is 5.47. The molecule has 20 heavy (non-hydrogen) atoms. The molecule has 0 aromatic carbocycles. The largest absolute Gasteiger partial charge is 0.375 e. The van der Waals surface area contributed by atoms with Crippen molar-refractivity contribution >= 4 is 15.9 Å². The van der Waals surface area contributed by atoms with Gasteiger partial charge in [-0.05, 0) is 26.7 Å². The van der Waals surface area contributed by atoms with E-state index in [-0.39, 0.29) is 24.0 Å². The van der Waals surface area contributed by atoms with Crippen molar-refractivity contribution in [3.8, 4) is 0 Å². The highest BCUT2D eigenvalue weighted by Gasteiger charge is 2.35. The van der Waals surface area contributed by atoms with Crippen molar-refractivity contribution in [2.24, 2.45) is 5.92 Å². The minimum Gasteiger partial charge on any atom is -0.375 e. The highest BCUT2D eigenvalue weighted by molar-refractivity contribution is 7.88. The lowest BCUT2D eigenvalue weighted by Crippen LogP contribution is -2.53. The molecular formula is C13H24N2O4S. The van der Waals surface area contributed by atoms with E-state index in [9.17, 15) is 13.2 Å². The normalized spacial score (nSPS) is 30.4. The van der Waals surface area contributed by atoms with E-state index < -0.39 is 10.0 Å². The molecule has 2 fully saturated rings. The van der Waals surface area contributed by atoms with Crippen LogP contribution in [0.1, 0.15) is 26.7 Å². The van der Waals surface area contributed by atoms with Gasteiger partial charge in [-0.15, -0.1) is 0 Å². The summed E-state index contributed by atoms with van der Waals surface area (Å²) in [5.74, 6) is 0.0987. The smallest absolute Gasteiger partial charge is 0.226 e. The van der Waals surface area contributed by atoms with E-state index in [1.54, 1.807) is 0 Å². The minimum absolute atomic E-state index is 0.0549. The van der Waals surface area contributed by atoms with Crippen LogP contribution in [0.25, 0.3) is 0 Å². The van der Waals surface area contributed by atoms with Crippen LogP contribution < -0.4 is 0 Å². The lowest BCUT2D eigenvalue weighted by atomic mass is 9.95. The molecule has 116 valence electrons. The van der Waals surface area contributed by atoms with Gasteiger partial charge in [0.2, 0.25) is 15.9 Å². The van der Waals surface area contributed by atoms with Gasteiger partial charge >= 0.3 is 0 Å². The molecule has 0 aliphatic carbocycles. The van der Waals surface area contributed by atoms with E-state index in [1.807, 2.05) is 18.7 Å². The lowest BCUT2D eigenvalue weighted by Gasteiger charge is -2.40. The Morgan fingerprint density at radius 3 is 2.35 bits per heavy atom. The van der Waals surface area contributed by atoms with E-state index in [1.165, 1.54) is 10.6 Å². The van der Waals surface area contributed by atoms with Gasteiger partial charge in [0, 0.05) is 25.6 Å². The Labute approximate surface area is 121 Å². The molecule has 1 amide bonds. The van der Waals surface area contributed by atoms with Crippen molar-refractivity contribution in [1.82, 2.24) is 9.21 Å². The summed E-state index contributed by atoms with van der Waals surface area (Å²) >= 11 is 0. The van der Waals surface area contributed by atoms with Gasteiger partial charge in [0.25, 0.3) is 0 Å². The van der Waals surface area contributed by atoms with Crippen LogP contribution >= 0.6 is 0 Å². The zero-order valence-electron chi connectivity index (χ0n) is 12.4. The molecule has 2 heterocycles. The molecule has 0 saturated carbocycles. The van der Waals surface area contributed by atoms with Crippen LogP contribution in [0.3, 0.4) is 0 Å². The Bertz CT molecular complexity index is 457. The first-order valence-corrected chi connectivity index (χ1v) is 9.01. The number of morpholine rings is 1. The maximum atomic E-state index is 12.6. The first-order chi connectivity index (χ1) is 9.29. The predicted octanol–water partition coefficient (Wildman–Crippen LogP) is 0.294. The summed E-state index contributed by atoms with van der Waals surface area (Å²) < 4.78 is 29.9. The second-order valence-corrected chi connectivity index (χ2v) is 7.90. The molecule has 2 unspecified atom stereocenters. The Morgan fingerprint density at radius 2 is 1.80 bits per heavy atom. The number of piperidine rings is 1. The lowest BCUT2D eigenvalue weighted by molar-refractivity contribution is -0.148. The molecule has 0 radical (unpaired) electrons. The molecule has 6 nitrogen and oxygen atoms in total. The number of amides is 1. The second kappa shape index (κ2) is 5.99. The Balaban J connectivity index is 1.94. The summed E-state index contributed by atoms with van der Waals surface area (Å²) in [6.07, 6.45) is 2.53. The zero-order valence-corrected chi connectivity index (χ0v) is 13.2. The molecular weight excluding hydrogens is 280 g/mol. The highest BCUT2D eigenvalue weighted by Crippen LogP contribution is 2.24.